The van der Waals surface area contributed by atoms with Gasteiger partial charge in [-0.25, -0.2) is 9.37 Å². The summed E-state index contributed by atoms with van der Waals surface area (Å²) >= 11 is 0. The summed E-state index contributed by atoms with van der Waals surface area (Å²) in [5.41, 5.74) is 3.61. The minimum absolute atomic E-state index is 0.0156. The van der Waals surface area contributed by atoms with E-state index in [1.165, 1.54) is 12.4 Å². The van der Waals surface area contributed by atoms with E-state index in [0.29, 0.717) is 23.2 Å². The van der Waals surface area contributed by atoms with Crippen molar-refractivity contribution in [2.24, 2.45) is 0 Å². The second kappa shape index (κ2) is 5.96. The Balaban J connectivity index is 1.57. The zero-order valence-corrected chi connectivity index (χ0v) is 13.9. The fourth-order valence-electron chi connectivity index (χ4n) is 3.32. The quantitative estimate of drug-likeness (QED) is 0.680. The van der Waals surface area contributed by atoms with Crippen molar-refractivity contribution in [3.05, 3.63) is 46.8 Å². The van der Waals surface area contributed by atoms with Crippen LogP contribution in [0.1, 0.15) is 47.3 Å². The fraction of sp³-hybridized carbons (Fsp3) is 0.353. The van der Waals surface area contributed by atoms with Crippen LogP contribution in [-0.2, 0) is 17.7 Å². The van der Waals surface area contributed by atoms with Crippen molar-refractivity contribution in [3.63, 3.8) is 0 Å². The molecular weight excluding hydrogens is 325 g/mol. The second-order valence-electron chi connectivity index (χ2n) is 6.26. The molecular formula is C17H18FN5O2. The van der Waals surface area contributed by atoms with Crippen LogP contribution in [0.5, 0.6) is 0 Å². The Labute approximate surface area is 143 Å². The predicted octanol–water partition coefficient (Wildman–Crippen LogP) is 2.38. The van der Waals surface area contributed by atoms with E-state index < -0.39 is 5.82 Å². The number of hydrogen-bond donors (Lipinski definition) is 3. The van der Waals surface area contributed by atoms with Crippen LogP contribution in [-0.4, -0.2) is 32.2 Å². The Kier molecular flexibility index (Phi) is 3.76. The lowest BCUT2D eigenvalue weighted by Crippen LogP contribution is -2.27. The van der Waals surface area contributed by atoms with Gasteiger partial charge in [0.25, 0.3) is 5.91 Å². The number of ether oxygens (including phenoxy) is 1. The number of amides is 1. The van der Waals surface area contributed by atoms with E-state index in [0.717, 1.165) is 16.8 Å². The highest BCUT2D eigenvalue weighted by molar-refractivity contribution is 5.94. The molecule has 1 amide bonds. The number of imidazole rings is 1. The van der Waals surface area contributed by atoms with Crippen molar-refractivity contribution in [2.75, 3.05) is 0 Å². The molecule has 1 aliphatic heterocycles. The molecule has 0 fully saturated rings. The third kappa shape index (κ3) is 2.68. The van der Waals surface area contributed by atoms with Gasteiger partial charge in [-0.2, -0.15) is 5.10 Å². The Hall–Kier alpha value is -2.74. The van der Waals surface area contributed by atoms with Gasteiger partial charge in [-0.05, 0) is 26.0 Å². The average Bonchev–Trinajstić information content (AvgIpc) is 3.20. The summed E-state index contributed by atoms with van der Waals surface area (Å²) in [4.78, 5) is 19.6. The van der Waals surface area contributed by atoms with E-state index in [9.17, 15) is 9.18 Å². The first-order valence-corrected chi connectivity index (χ1v) is 8.16. The van der Waals surface area contributed by atoms with E-state index in [1.54, 1.807) is 6.07 Å². The van der Waals surface area contributed by atoms with Gasteiger partial charge in [0, 0.05) is 24.1 Å². The number of hydrogen-bond acceptors (Lipinski definition) is 4. The van der Waals surface area contributed by atoms with Gasteiger partial charge in [-0.15, -0.1) is 0 Å². The van der Waals surface area contributed by atoms with E-state index in [-0.39, 0.29) is 24.7 Å². The number of aromatic nitrogens is 4. The maximum absolute atomic E-state index is 14.1. The van der Waals surface area contributed by atoms with Crippen LogP contribution in [0.2, 0.25) is 0 Å². The molecule has 3 aromatic rings. The normalized spacial score (nSPS) is 19.8. The molecule has 0 aliphatic carbocycles. The second-order valence-corrected chi connectivity index (χ2v) is 6.26. The molecule has 7 nitrogen and oxygen atoms in total. The van der Waals surface area contributed by atoms with Crippen LogP contribution in [0.3, 0.4) is 0 Å². The molecule has 3 heterocycles. The van der Waals surface area contributed by atoms with Gasteiger partial charge in [0.2, 0.25) is 0 Å². The molecule has 1 aliphatic rings. The Morgan fingerprint density at radius 2 is 2.28 bits per heavy atom. The highest BCUT2D eigenvalue weighted by Gasteiger charge is 2.29. The Morgan fingerprint density at radius 1 is 1.44 bits per heavy atom. The monoisotopic (exact) mass is 343 g/mol. The van der Waals surface area contributed by atoms with Gasteiger partial charge in [-0.3, -0.25) is 9.89 Å². The highest BCUT2D eigenvalue weighted by atomic mass is 19.1. The molecule has 2 atom stereocenters. The molecule has 3 N–H and O–H groups in total. The highest BCUT2D eigenvalue weighted by Crippen LogP contribution is 2.30. The van der Waals surface area contributed by atoms with Crippen LogP contribution >= 0.6 is 0 Å². The standard InChI is InChI=1S/C17H18FN5O2/c1-8-5-10-14(9(2)25-8)22-23-16(10)17(24)19-6-11-12(18)3-4-13-15(11)21-7-20-13/h3-4,7-9H,5-6H2,1-2H3,(H,19,24)(H,20,21)(H,22,23)/t8-,9+/m1/s1. The molecule has 8 heteroatoms. The zero-order chi connectivity index (χ0) is 17.6. The molecule has 25 heavy (non-hydrogen) atoms. The topological polar surface area (TPSA) is 95.7 Å². The maximum atomic E-state index is 14.1. The lowest BCUT2D eigenvalue weighted by Gasteiger charge is -2.25. The molecule has 0 spiro atoms. The number of nitrogens with zero attached hydrogens (tertiary/aromatic N) is 2. The molecule has 0 saturated heterocycles. The number of carbonyl (C=O) groups is 1. The van der Waals surface area contributed by atoms with Crippen molar-refractivity contribution in [3.8, 4) is 0 Å². The minimum atomic E-state index is -0.403. The maximum Gasteiger partial charge on any atom is 0.272 e. The summed E-state index contributed by atoms with van der Waals surface area (Å²) in [6.07, 6.45) is 2.00. The summed E-state index contributed by atoms with van der Waals surface area (Å²) < 4.78 is 19.8. The van der Waals surface area contributed by atoms with Crippen LogP contribution < -0.4 is 5.32 Å². The lowest BCUT2D eigenvalue weighted by atomic mass is 9.99. The number of carbonyl (C=O) groups excluding carboxylic acids is 1. The molecule has 0 saturated carbocycles. The number of H-pyrrole nitrogens is 2. The van der Waals surface area contributed by atoms with Crippen molar-refractivity contribution >= 4 is 16.9 Å². The van der Waals surface area contributed by atoms with Crippen LogP contribution in [0, 0.1) is 5.82 Å². The molecule has 4 rings (SSSR count). The smallest absolute Gasteiger partial charge is 0.272 e. The molecule has 130 valence electrons. The van der Waals surface area contributed by atoms with E-state index in [4.69, 9.17) is 4.74 Å². The van der Waals surface area contributed by atoms with Gasteiger partial charge in [0.05, 0.1) is 35.3 Å². The zero-order valence-electron chi connectivity index (χ0n) is 13.9. The van der Waals surface area contributed by atoms with Crippen molar-refractivity contribution in [1.82, 2.24) is 25.5 Å². The van der Waals surface area contributed by atoms with Crippen LogP contribution in [0.15, 0.2) is 18.5 Å². The summed E-state index contributed by atoms with van der Waals surface area (Å²) in [6.45, 7) is 3.92. The first-order valence-electron chi connectivity index (χ1n) is 8.16. The number of rotatable bonds is 3. The molecule has 0 unspecified atom stereocenters. The number of benzene rings is 1. The molecule has 1 aromatic carbocycles. The van der Waals surface area contributed by atoms with E-state index in [1.807, 2.05) is 13.8 Å². The first kappa shape index (κ1) is 15.8. The van der Waals surface area contributed by atoms with Crippen molar-refractivity contribution in [2.45, 2.75) is 39.0 Å². The van der Waals surface area contributed by atoms with Gasteiger partial charge in [0.1, 0.15) is 5.82 Å². The number of nitrogens with one attached hydrogen (secondary N) is 3. The lowest BCUT2D eigenvalue weighted by molar-refractivity contribution is -0.00697. The summed E-state index contributed by atoms with van der Waals surface area (Å²) in [6, 6.07) is 2.98. The molecule has 0 bridgehead atoms. The third-order valence-electron chi connectivity index (χ3n) is 4.51. The summed E-state index contributed by atoms with van der Waals surface area (Å²) in [5.74, 6) is -0.745. The fourth-order valence-corrected chi connectivity index (χ4v) is 3.32. The van der Waals surface area contributed by atoms with Crippen LogP contribution in [0.25, 0.3) is 11.0 Å². The van der Waals surface area contributed by atoms with Gasteiger partial charge in [-0.1, -0.05) is 0 Å². The largest absolute Gasteiger partial charge is 0.369 e. The predicted molar refractivity (Wildman–Crippen MR) is 88.5 cm³/mol. The molecule has 0 radical (unpaired) electrons. The minimum Gasteiger partial charge on any atom is -0.369 e. The van der Waals surface area contributed by atoms with Gasteiger partial charge in [0.15, 0.2) is 5.69 Å². The third-order valence-corrected chi connectivity index (χ3v) is 4.51. The number of halogens is 1. The average molecular weight is 343 g/mol. The van der Waals surface area contributed by atoms with Gasteiger partial charge < -0.3 is 15.0 Å². The summed E-state index contributed by atoms with van der Waals surface area (Å²) in [7, 11) is 0. The number of fused-ring (bicyclic) bond motifs is 2. The van der Waals surface area contributed by atoms with E-state index in [2.05, 4.69) is 25.5 Å². The van der Waals surface area contributed by atoms with Crippen molar-refractivity contribution < 1.29 is 13.9 Å². The van der Waals surface area contributed by atoms with Crippen LogP contribution in [0.4, 0.5) is 4.39 Å². The Bertz CT molecular complexity index is 948. The Morgan fingerprint density at radius 3 is 3.12 bits per heavy atom. The van der Waals surface area contributed by atoms with E-state index >= 15 is 0 Å². The summed E-state index contributed by atoms with van der Waals surface area (Å²) in [5, 5.41) is 9.77. The SMILES string of the molecule is C[C@@H]1Cc2c(C(=O)NCc3c(F)ccc4[nH]cnc34)n[nH]c2[C@H](C)O1. The number of aromatic amines is 2. The van der Waals surface area contributed by atoms with Gasteiger partial charge >= 0.3 is 0 Å². The molecule has 2 aromatic heterocycles. The first-order chi connectivity index (χ1) is 12.0. The van der Waals surface area contributed by atoms with Crippen molar-refractivity contribution in [1.29, 1.82) is 0 Å².